The van der Waals surface area contributed by atoms with Crippen LogP contribution >= 0.6 is 0 Å². The molecule has 1 amide bonds. The fourth-order valence-corrected chi connectivity index (χ4v) is 4.24. The maximum atomic E-state index is 12.2. The molecule has 0 saturated carbocycles. The second kappa shape index (κ2) is 6.30. The maximum Gasteiger partial charge on any atom is 0.223 e. The number of carbonyl (C=O) groups excluding carboxylic acids is 1. The first-order chi connectivity index (χ1) is 9.52. The number of carbonyl (C=O) groups is 1. The normalized spacial score (nSPS) is 20.8. The lowest BCUT2D eigenvalue weighted by atomic mass is 10.1. The van der Waals surface area contributed by atoms with Crippen LogP contribution in [-0.4, -0.2) is 53.3 Å². The second-order valence-electron chi connectivity index (χ2n) is 4.98. The minimum absolute atomic E-state index is 0.00143. The molecule has 7 heteroatoms. The van der Waals surface area contributed by atoms with E-state index in [0.717, 1.165) is 5.56 Å². The Kier molecular flexibility index (Phi) is 4.69. The van der Waals surface area contributed by atoms with E-state index in [0.29, 0.717) is 25.8 Å². The minimum atomic E-state index is -2.97. The molecule has 0 N–H and O–H groups in total. The monoisotopic (exact) mass is 297 g/mol. The predicted molar refractivity (Wildman–Crippen MR) is 74.8 cm³/mol. The fraction of sp³-hybridized carbons (Fsp3) is 0.615. The SMILES string of the molecule is CCN(C(=O)CCc1cncnc1)C1CCS(=O)(=O)C1. The van der Waals surface area contributed by atoms with Gasteiger partial charge in [-0.3, -0.25) is 4.79 Å². The molecule has 2 heterocycles. The first-order valence-corrected chi connectivity index (χ1v) is 8.58. The van der Waals surface area contributed by atoms with Gasteiger partial charge in [-0.2, -0.15) is 0 Å². The molecule has 1 aromatic rings. The van der Waals surface area contributed by atoms with Crippen molar-refractivity contribution in [1.82, 2.24) is 14.9 Å². The van der Waals surface area contributed by atoms with Gasteiger partial charge < -0.3 is 4.90 Å². The molecule has 1 aliphatic rings. The van der Waals surface area contributed by atoms with Gasteiger partial charge in [0.2, 0.25) is 5.91 Å². The van der Waals surface area contributed by atoms with Gasteiger partial charge in [0, 0.05) is 31.4 Å². The molecule has 1 unspecified atom stereocenters. The maximum absolute atomic E-state index is 12.2. The van der Waals surface area contributed by atoms with Crippen molar-refractivity contribution in [2.24, 2.45) is 0 Å². The van der Waals surface area contributed by atoms with Crippen molar-refractivity contribution >= 4 is 15.7 Å². The first kappa shape index (κ1) is 14.9. The summed E-state index contributed by atoms with van der Waals surface area (Å²) in [4.78, 5) is 21.7. The Morgan fingerprint density at radius 2 is 2.10 bits per heavy atom. The summed E-state index contributed by atoms with van der Waals surface area (Å²) in [7, 11) is -2.97. The van der Waals surface area contributed by atoms with Gasteiger partial charge >= 0.3 is 0 Å². The van der Waals surface area contributed by atoms with Crippen LogP contribution in [0.2, 0.25) is 0 Å². The highest BCUT2D eigenvalue weighted by Crippen LogP contribution is 2.18. The number of aryl methyl sites for hydroxylation is 1. The molecule has 0 aliphatic carbocycles. The van der Waals surface area contributed by atoms with E-state index in [2.05, 4.69) is 9.97 Å². The predicted octanol–water partition coefficient (Wildman–Crippen LogP) is 0.445. The highest BCUT2D eigenvalue weighted by molar-refractivity contribution is 7.91. The van der Waals surface area contributed by atoms with Crippen molar-refractivity contribution in [2.45, 2.75) is 32.2 Å². The number of aromatic nitrogens is 2. The van der Waals surface area contributed by atoms with E-state index in [4.69, 9.17) is 0 Å². The number of hydrogen-bond acceptors (Lipinski definition) is 5. The van der Waals surface area contributed by atoms with Crippen molar-refractivity contribution in [3.63, 3.8) is 0 Å². The molecule has 0 spiro atoms. The topological polar surface area (TPSA) is 80.2 Å². The van der Waals surface area contributed by atoms with Gasteiger partial charge in [0.1, 0.15) is 6.33 Å². The Balaban J connectivity index is 1.93. The molecule has 6 nitrogen and oxygen atoms in total. The van der Waals surface area contributed by atoms with Crippen molar-refractivity contribution in [2.75, 3.05) is 18.1 Å². The molecule has 110 valence electrons. The molecule has 20 heavy (non-hydrogen) atoms. The lowest BCUT2D eigenvalue weighted by Crippen LogP contribution is -2.41. The third-order valence-electron chi connectivity index (χ3n) is 3.55. The summed E-state index contributed by atoms with van der Waals surface area (Å²) in [5.41, 5.74) is 0.913. The van der Waals surface area contributed by atoms with E-state index >= 15 is 0 Å². The van der Waals surface area contributed by atoms with Crippen molar-refractivity contribution in [3.8, 4) is 0 Å². The summed E-state index contributed by atoms with van der Waals surface area (Å²) in [6.45, 7) is 2.43. The van der Waals surface area contributed by atoms with E-state index in [-0.39, 0.29) is 23.5 Å². The standard InChI is InChI=1S/C13H19N3O3S/c1-2-16(12-5-6-20(18,19)9-12)13(17)4-3-11-7-14-10-15-8-11/h7-8,10,12H,2-6,9H2,1H3. The molecular weight excluding hydrogens is 278 g/mol. The Morgan fingerprint density at radius 1 is 1.40 bits per heavy atom. The van der Waals surface area contributed by atoms with Crippen LogP contribution in [0.3, 0.4) is 0 Å². The zero-order valence-corrected chi connectivity index (χ0v) is 12.3. The summed E-state index contributed by atoms with van der Waals surface area (Å²) < 4.78 is 23.0. The number of hydrogen-bond donors (Lipinski definition) is 0. The van der Waals surface area contributed by atoms with Crippen molar-refractivity contribution in [1.29, 1.82) is 0 Å². The number of amides is 1. The van der Waals surface area contributed by atoms with Crippen LogP contribution in [0.5, 0.6) is 0 Å². The molecule has 1 aliphatic heterocycles. The van der Waals surface area contributed by atoms with Gasteiger partial charge in [-0.15, -0.1) is 0 Å². The van der Waals surface area contributed by atoms with Crippen LogP contribution < -0.4 is 0 Å². The summed E-state index contributed by atoms with van der Waals surface area (Å²) in [5.74, 6) is 0.285. The highest BCUT2D eigenvalue weighted by atomic mass is 32.2. The summed E-state index contributed by atoms with van der Waals surface area (Å²) in [5, 5.41) is 0. The van der Waals surface area contributed by atoms with E-state index in [1.807, 2.05) is 6.92 Å². The van der Waals surface area contributed by atoms with E-state index in [9.17, 15) is 13.2 Å². The average molecular weight is 297 g/mol. The Bertz CT molecular complexity index is 559. The van der Waals surface area contributed by atoms with Crippen molar-refractivity contribution < 1.29 is 13.2 Å². The van der Waals surface area contributed by atoms with E-state index in [1.54, 1.807) is 17.3 Å². The van der Waals surface area contributed by atoms with Gasteiger partial charge in [0.05, 0.1) is 11.5 Å². The Labute approximate surface area is 119 Å². The van der Waals surface area contributed by atoms with Crippen LogP contribution in [0.15, 0.2) is 18.7 Å². The zero-order chi connectivity index (χ0) is 14.6. The van der Waals surface area contributed by atoms with Gasteiger partial charge in [-0.1, -0.05) is 0 Å². The molecule has 0 radical (unpaired) electrons. The van der Waals surface area contributed by atoms with Gasteiger partial charge in [-0.25, -0.2) is 18.4 Å². The molecule has 0 aromatic carbocycles. The molecule has 1 atom stereocenters. The fourth-order valence-electron chi connectivity index (χ4n) is 2.51. The number of nitrogens with zero attached hydrogens (tertiary/aromatic N) is 3. The average Bonchev–Trinajstić information content (AvgIpc) is 2.78. The molecular formula is C13H19N3O3S. The molecule has 1 aromatic heterocycles. The van der Waals surface area contributed by atoms with Crippen LogP contribution in [-0.2, 0) is 21.1 Å². The van der Waals surface area contributed by atoms with Crippen LogP contribution in [0, 0.1) is 0 Å². The zero-order valence-electron chi connectivity index (χ0n) is 11.5. The summed E-state index contributed by atoms with van der Waals surface area (Å²) >= 11 is 0. The Morgan fingerprint density at radius 3 is 2.65 bits per heavy atom. The lowest BCUT2D eigenvalue weighted by molar-refractivity contribution is -0.132. The number of sulfone groups is 1. The van der Waals surface area contributed by atoms with Crippen LogP contribution in [0.25, 0.3) is 0 Å². The highest BCUT2D eigenvalue weighted by Gasteiger charge is 2.33. The summed E-state index contributed by atoms with van der Waals surface area (Å²) in [6.07, 6.45) is 6.32. The number of rotatable bonds is 5. The molecule has 1 fully saturated rings. The van der Waals surface area contributed by atoms with Gasteiger partial charge in [0.15, 0.2) is 9.84 Å². The summed E-state index contributed by atoms with van der Waals surface area (Å²) in [6, 6.07) is -0.162. The molecule has 1 saturated heterocycles. The van der Waals surface area contributed by atoms with Gasteiger partial charge in [-0.05, 0) is 25.3 Å². The van der Waals surface area contributed by atoms with E-state index in [1.165, 1.54) is 6.33 Å². The second-order valence-corrected chi connectivity index (χ2v) is 7.21. The largest absolute Gasteiger partial charge is 0.339 e. The van der Waals surface area contributed by atoms with E-state index < -0.39 is 9.84 Å². The quantitative estimate of drug-likeness (QED) is 0.788. The first-order valence-electron chi connectivity index (χ1n) is 6.75. The third kappa shape index (κ3) is 3.75. The minimum Gasteiger partial charge on any atom is -0.339 e. The molecule has 2 rings (SSSR count). The van der Waals surface area contributed by atoms with Crippen molar-refractivity contribution in [3.05, 3.63) is 24.3 Å². The molecule has 0 bridgehead atoms. The lowest BCUT2D eigenvalue weighted by Gasteiger charge is -2.26. The smallest absolute Gasteiger partial charge is 0.223 e. The van der Waals surface area contributed by atoms with Crippen LogP contribution in [0.1, 0.15) is 25.3 Å². The third-order valence-corrected chi connectivity index (χ3v) is 5.30. The Hall–Kier alpha value is -1.50. The van der Waals surface area contributed by atoms with Crippen LogP contribution in [0.4, 0.5) is 0 Å². The van der Waals surface area contributed by atoms with Gasteiger partial charge in [0.25, 0.3) is 0 Å².